The molecule has 2 N–H and O–H groups in total. The van der Waals surface area contributed by atoms with Crippen LogP contribution in [-0.2, 0) is 11.4 Å². The molecule has 0 aromatic heterocycles. The molecule has 11 heteroatoms. The first-order chi connectivity index (χ1) is 16.5. The van der Waals surface area contributed by atoms with Crippen LogP contribution in [0, 0.1) is 10.1 Å². The van der Waals surface area contributed by atoms with Gasteiger partial charge in [-0.05, 0) is 69.5 Å². The predicted octanol–water partition coefficient (Wildman–Crippen LogP) is 4.23. The molecule has 1 aliphatic heterocycles. The second-order valence-corrected chi connectivity index (χ2v) is 7.97. The van der Waals surface area contributed by atoms with E-state index in [1.54, 1.807) is 48.5 Å². The van der Waals surface area contributed by atoms with Gasteiger partial charge >= 0.3 is 0 Å². The molecule has 0 fully saturated rings. The Kier molecular flexibility index (Phi) is 7.23. The van der Waals surface area contributed by atoms with Gasteiger partial charge in [-0.1, -0.05) is 0 Å². The summed E-state index contributed by atoms with van der Waals surface area (Å²) in [5.74, 6) is 1.60. The summed E-state index contributed by atoms with van der Waals surface area (Å²) >= 11 is 3.45. The molecule has 1 heterocycles. The maximum atomic E-state index is 12.0. The van der Waals surface area contributed by atoms with Gasteiger partial charge in [-0.2, -0.15) is 5.10 Å². The number of nitro benzene ring substituents is 1. The minimum Gasteiger partial charge on any atom is -0.488 e. The zero-order valence-electron chi connectivity index (χ0n) is 17.7. The highest BCUT2D eigenvalue weighted by molar-refractivity contribution is 9.10. The normalized spacial score (nSPS) is 11.9. The van der Waals surface area contributed by atoms with Crippen molar-refractivity contribution in [3.63, 3.8) is 0 Å². The number of non-ortho nitro benzene ring substituents is 1. The van der Waals surface area contributed by atoms with E-state index in [1.165, 1.54) is 18.3 Å². The van der Waals surface area contributed by atoms with E-state index in [9.17, 15) is 14.9 Å². The summed E-state index contributed by atoms with van der Waals surface area (Å²) in [5, 5.41) is 17.7. The monoisotopic (exact) mass is 526 g/mol. The fourth-order valence-electron chi connectivity index (χ4n) is 3.00. The summed E-state index contributed by atoms with van der Waals surface area (Å²) in [4.78, 5) is 22.3. The van der Waals surface area contributed by atoms with Gasteiger partial charge in [-0.3, -0.25) is 14.9 Å². The van der Waals surface area contributed by atoms with Crippen LogP contribution in [0.1, 0.15) is 11.1 Å². The predicted molar refractivity (Wildman–Crippen MR) is 128 cm³/mol. The number of carbonyl (C=O) groups excluding carboxylic acids is 1. The Morgan fingerprint density at radius 2 is 1.91 bits per heavy atom. The molecule has 0 saturated heterocycles. The van der Waals surface area contributed by atoms with Crippen LogP contribution >= 0.6 is 15.9 Å². The van der Waals surface area contributed by atoms with Crippen LogP contribution in [0.15, 0.2) is 70.2 Å². The van der Waals surface area contributed by atoms with E-state index in [1.807, 2.05) is 0 Å². The molecule has 1 aliphatic rings. The molecule has 0 atom stereocenters. The van der Waals surface area contributed by atoms with Crippen LogP contribution in [0.25, 0.3) is 0 Å². The topological polar surface area (TPSA) is 124 Å². The lowest BCUT2D eigenvalue weighted by Gasteiger charge is -2.09. The number of halogens is 1. The van der Waals surface area contributed by atoms with E-state index in [0.29, 0.717) is 21.7 Å². The molecular formula is C23H19BrN4O6. The number of hydrogen-bond donors (Lipinski definition) is 2. The number of rotatable bonds is 9. The molecule has 34 heavy (non-hydrogen) atoms. The Bertz CT molecular complexity index is 1230. The first-order valence-electron chi connectivity index (χ1n) is 10.1. The molecule has 0 bridgehead atoms. The summed E-state index contributed by atoms with van der Waals surface area (Å²) in [6.07, 6.45) is 1.52. The molecule has 0 radical (unpaired) electrons. The quantitative estimate of drug-likeness (QED) is 0.243. The largest absolute Gasteiger partial charge is 0.488 e. The number of anilines is 1. The standard InChI is InChI=1S/C23H19BrN4O6/c24-19-9-16(3-7-20(19)32-13-15-1-5-18(6-2-15)28(30)31)11-26-27-23(29)12-25-17-4-8-21-22(10-17)34-14-33-21/h1-11,25H,12-14H2,(H,27,29)/b26-11+. The molecule has 3 aromatic rings. The van der Waals surface area contributed by atoms with Gasteiger partial charge in [0.25, 0.3) is 11.6 Å². The van der Waals surface area contributed by atoms with Crippen molar-refractivity contribution in [3.05, 3.63) is 86.4 Å². The van der Waals surface area contributed by atoms with Crippen molar-refractivity contribution in [1.29, 1.82) is 0 Å². The van der Waals surface area contributed by atoms with Crippen molar-refractivity contribution in [2.45, 2.75) is 6.61 Å². The van der Waals surface area contributed by atoms with E-state index in [-0.39, 0.29) is 31.5 Å². The molecule has 0 spiro atoms. The average Bonchev–Trinajstić information content (AvgIpc) is 3.30. The van der Waals surface area contributed by atoms with Gasteiger partial charge in [0, 0.05) is 23.9 Å². The minimum atomic E-state index is -0.445. The molecule has 0 unspecified atom stereocenters. The van der Waals surface area contributed by atoms with Crippen LogP contribution in [0.3, 0.4) is 0 Å². The first-order valence-corrected chi connectivity index (χ1v) is 10.9. The van der Waals surface area contributed by atoms with Gasteiger partial charge in [-0.15, -0.1) is 0 Å². The van der Waals surface area contributed by atoms with Gasteiger partial charge < -0.3 is 19.5 Å². The summed E-state index contributed by atoms with van der Waals surface area (Å²) in [5.41, 5.74) is 4.78. The zero-order valence-corrected chi connectivity index (χ0v) is 19.3. The van der Waals surface area contributed by atoms with E-state index in [2.05, 4.69) is 31.8 Å². The van der Waals surface area contributed by atoms with Crippen molar-refractivity contribution >= 4 is 39.4 Å². The second kappa shape index (κ2) is 10.7. The summed E-state index contributed by atoms with van der Waals surface area (Å²) in [6, 6.07) is 16.9. The van der Waals surface area contributed by atoms with Crippen LogP contribution in [-0.4, -0.2) is 30.4 Å². The number of nitrogens with one attached hydrogen (secondary N) is 2. The number of hydrogen-bond acceptors (Lipinski definition) is 8. The van der Waals surface area contributed by atoms with Gasteiger partial charge in [0.1, 0.15) is 12.4 Å². The number of nitrogens with zero attached hydrogens (tertiary/aromatic N) is 2. The van der Waals surface area contributed by atoms with Gasteiger partial charge in [0.15, 0.2) is 11.5 Å². The van der Waals surface area contributed by atoms with Gasteiger partial charge in [0.2, 0.25) is 6.79 Å². The summed E-state index contributed by atoms with van der Waals surface area (Å²) < 4.78 is 17.0. The lowest BCUT2D eigenvalue weighted by Crippen LogP contribution is -2.25. The van der Waals surface area contributed by atoms with Crippen LogP contribution in [0.2, 0.25) is 0 Å². The Hall–Kier alpha value is -4.12. The maximum Gasteiger partial charge on any atom is 0.269 e. The first kappa shape index (κ1) is 23.1. The van der Waals surface area contributed by atoms with Crippen molar-refractivity contribution in [2.24, 2.45) is 5.10 Å². The molecule has 174 valence electrons. The van der Waals surface area contributed by atoms with Crippen LogP contribution in [0.5, 0.6) is 17.2 Å². The lowest BCUT2D eigenvalue weighted by atomic mass is 10.2. The fraction of sp³-hybridized carbons (Fsp3) is 0.130. The molecular weight excluding hydrogens is 508 g/mol. The lowest BCUT2D eigenvalue weighted by molar-refractivity contribution is -0.384. The van der Waals surface area contributed by atoms with Crippen molar-refractivity contribution in [2.75, 3.05) is 18.7 Å². The SMILES string of the molecule is O=C(CNc1ccc2c(c1)OCO2)N/N=C/c1ccc(OCc2ccc([N+](=O)[O-])cc2)c(Br)c1. The average molecular weight is 527 g/mol. The fourth-order valence-corrected chi connectivity index (χ4v) is 3.51. The summed E-state index contributed by atoms with van der Waals surface area (Å²) in [7, 11) is 0. The molecule has 1 amide bonds. The van der Waals surface area contributed by atoms with Crippen molar-refractivity contribution in [3.8, 4) is 17.2 Å². The van der Waals surface area contributed by atoms with Gasteiger partial charge in [-0.25, -0.2) is 5.43 Å². The van der Waals surface area contributed by atoms with Crippen LogP contribution < -0.4 is 25.0 Å². The number of fused-ring (bicyclic) bond motifs is 1. The molecule has 0 saturated carbocycles. The Morgan fingerprint density at radius 3 is 2.68 bits per heavy atom. The summed E-state index contributed by atoms with van der Waals surface area (Å²) in [6.45, 7) is 0.490. The van der Waals surface area contributed by atoms with E-state index < -0.39 is 4.92 Å². The molecule has 0 aliphatic carbocycles. The molecule has 3 aromatic carbocycles. The van der Waals surface area contributed by atoms with Crippen LogP contribution in [0.4, 0.5) is 11.4 Å². The highest BCUT2D eigenvalue weighted by Crippen LogP contribution is 2.34. The smallest absolute Gasteiger partial charge is 0.269 e. The number of carbonyl (C=O) groups is 1. The van der Waals surface area contributed by atoms with Crippen molar-refractivity contribution < 1.29 is 23.9 Å². The number of amides is 1. The third-order valence-electron chi connectivity index (χ3n) is 4.73. The van der Waals surface area contributed by atoms with Gasteiger partial charge in [0.05, 0.1) is 22.2 Å². The maximum absolute atomic E-state index is 12.0. The highest BCUT2D eigenvalue weighted by Gasteiger charge is 2.13. The number of nitro groups is 1. The number of hydrazone groups is 1. The highest BCUT2D eigenvalue weighted by atomic mass is 79.9. The minimum absolute atomic E-state index is 0.0318. The van der Waals surface area contributed by atoms with E-state index in [4.69, 9.17) is 14.2 Å². The number of ether oxygens (including phenoxy) is 3. The Labute approximate surface area is 202 Å². The third kappa shape index (κ3) is 6.01. The molecule has 10 nitrogen and oxygen atoms in total. The Morgan fingerprint density at radius 1 is 1.12 bits per heavy atom. The second-order valence-electron chi connectivity index (χ2n) is 7.12. The number of benzene rings is 3. The zero-order chi connectivity index (χ0) is 23.9. The van der Waals surface area contributed by atoms with E-state index >= 15 is 0 Å². The van der Waals surface area contributed by atoms with Crippen molar-refractivity contribution in [1.82, 2.24) is 5.43 Å². The Balaban J connectivity index is 1.24. The third-order valence-corrected chi connectivity index (χ3v) is 5.35. The van der Waals surface area contributed by atoms with E-state index in [0.717, 1.165) is 16.8 Å². The molecule has 4 rings (SSSR count).